The highest BCUT2D eigenvalue weighted by Crippen LogP contribution is 2.38. The van der Waals surface area contributed by atoms with Gasteiger partial charge in [0.1, 0.15) is 11.5 Å². The topological polar surface area (TPSA) is 117 Å². The van der Waals surface area contributed by atoms with Gasteiger partial charge in [0.2, 0.25) is 0 Å². The number of anilines is 3. The number of hydrogen-bond donors (Lipinski definition) is 3. The molecule has 1 heterocycles. The van der Waals surface area contributed by atoms with Gasteiger partial charge in [-0.3, -0.25) is 4.79 Å². The van der Waals surface area contributed by atoms with Crippen molar-refractivity contribution < 1.29 is 24.3 Å². The van der Waals surface area contributed by atoms with Gasteiger partial charge in [-0.15, -0.1) is 5.10 Å². The van der Waals surface area contributed by atoms with Gasteiger partial charge in [0.05, 0.1) is 36.7 Å². The highest BCUT2D eigenvalue weighted by atomic mass is 35.5. The monoisotopic (exact) mass is 568 g/mol. The fraction of sp³-hybridized carbons (Fsp3) is 0.100. The summed E-state index contributed by atoms with van der Waals surface area (Å²) in [4.78, 5) is 14.9. The van der Waals surface area contributed by atoms with Crippen LogP contribution in [-0.2, 0) is 0 Å². The van der Waals surface area contributed by atoms with E-state index in [1.807, 2.05) is 42.3 Å². The molecule has 4 aromatic carbocycles. The van der Waals surface area contributed by atoms with Crippen molar-refractivity contribution in [2.45, 2.75) is 0 Å². The number of ether oxygens (including phenoxy) is 2. The first kappa shape index (κ1) is 27.9. The summed E-state index contributed by atoms with van der Waals surface area (Å²) < 4.78 is 10.9. The number of aromatic nitrogens is 2. The van der Waals surface area contributed by atoms with Crippen LogP contribution in [0.3, 0.4) is 0 Å². The lowest BCUT2D eigenvalue weighted by Gasteiger charge is -2.22. The molecule has 0 aliphatic heterocycles. The lowest BCUT2D eigenvalue weighted by Crippen LogP contribution is -2.30. The van der Waals surface area contributed by atoms with Gasteiger partial charge in [-0.05, 0) is 53.5 Å². The molecular weight excluding hydrogens is 543 g/mol. The number of benzene rings is 4. The minimum Gasteiger partial charge on any atom is -0.497 e. The SMILES string of the molecule is COc1ccc(N(C)c2nncc3cc(-c4cc(B(O)O)ccc4NC(=O)c4ccccc4Cl)ccc23)c(OC)c1. The summed E-state index contributed by atoms with van der Waals surface area (Å²) in [5.74, 6) is 1.49. The van der Waals surface area contributed by atoms with Gasteiger partial charge in [0, 0.05) is 35.1 Å². The zero-order valence-electron chi connectivity index (χ0n) is 22.5. The van der Waals surface area contributed by atoms with Crippen molar-refractivity contribution >= 4 is 58.1 Å². The Bertz CT molecular complexity index is 1750. The molecule has 1 aromatic heterocycles. The molecule has 0 fully saturated rings. The Morgan fingerprint density at radius 2 is 1.78 bits per heavy atom. The van der Waals surface area contributed by atoms with E-state index >= 15 is 0 Å². The standard InChI is InChI=1S/C30H26BClN4O5/c1-36(27-13-10-21(40-2)16-28(27)41-3)29-22-11-8-18(14-19(22)17-33-35-29)24-15-20(31(38)39)9-12-26(24)34-30(37)23-6-4-5-7-25(23)32/h4-17,38-39H,1-3H3,(H,34,37). The van der Waals surface area contributed by atoms with Crippen LogP contribution < -0.4 is 25.2 Å². The maximum absolute atomic E-state index is 13.1. The van der Waals surface area contributed by atoms with E-state index in [9.17, 15) is 14.8 Å². The number of hydrogen-bond acceptors (Lipinski definition) is 8. The molecule has 0 atom stereocenters. The molecule has 9 nitrogen and oxygen atoms in total. The van der Waals surface area contributed by atoms with Crippen molar-refractivity contribution in [3.63, 3.8) is 0 Å². The number of carbonyl (C=O) groups is 1. The van der Waals surface area contributed by atoms with Crippen molar-refractivity contribution in [1.29, 1.82) is 0 Å². The summed E-state index contributed by atoms with van der Waals surface area (Å²) in [6.45, 7) is 0. The van der Waals surface area contributed by atoms with Crippen LogP contribution in [0.1, 0.15) is 10.4 Å². The Morgan fingerprint density at radius 1 is 0.976 bits per heavy atom. The molecular formula is C30H26BClN4O5. The van der Waals surface area contributed by atoms with E-state index < -0.39 is 13.0 Å². The van der Waals surface area contributed by atoms with Crippen LogP contribution in [0.15, 0.2) is 85.1 Å². The summed E-state index contributed by atoms with van der Waals surface area (Å²) in [5, 5.41) is 33.1. The number of carbonyl (C=O) groups excluding carboxylic acids is 1. The molecule has 5 aromatic rings. The van der Waals surface area contributed by atoms with Gasteiger partial charge in [-0.1, -0.05) is 41.9 Å². The fourth-order valence-electron chi connectivity index (χ4n) is 4.57. The zero-order chi connectivity index (χ0) is 29.1. The number of nitrogens with zero attached hydrogens (tertiary/aromatic N) is 3. The Balaban J connectivity index is 1.56. The number of rotatable bonds is 8. The largest absolute Gasteiger partial charge is 0.497 e. The number of methoxy groups -OCH3 is 2. The number of halogens is 1. The maximum atomic E-state index is 13.1. The van der Waals surface area contributed by atoms with E-state index in [0.717, 1.165) is 22.0 Å². The zero-order valence-corrected chi connectivity index (χ0v) is 23.3. The summed E-state index contributed by atoms with van der Waals surface area (Å²) in [6.07, 6.45) is 1.65. The Hall–Kier alpha value is -4.64. The van der Waals surface area contributed by atoms with Crippen LogP contribution in [0.4, 0.5) is 17.2 Å². The number of nitrogens with one attached hydrogen (secondary N) is 1. The van der Waals surface area contributed by atoms with Crippen molar-refractivity contribution in [3.8, 4) is 22.6 Å². The Labute approximate surface area is 242 Å². The highest BCUT2D eigenvalue weighted by molar-refractivity contribution is 6.58. The summed E-state index contributed by atoms with van der Waals surface area (Å²) >= 11 is 6.24. The van der Waals surface area contributed by atoms with Crippen molar-refractivity contribution in [3.05, 3.63) is 95.6 Å². The predicted octanol–water partition coefficient (Wildman–Crippen LogP) is 4.67. The van der Waals surface area contributed by atoms with Gasteiger partial charge >= 0.3 is 7.12 Å². The minimum atomic E-state index is -1.69. The summed E-state index contributed by atoms with van der Waals surface area (Å²) in [6, 6.07) is 22.7. The molecule has 11 heteroatoms. The third-order valence-corrected chi connectivity index (χ3v) is 7.06. The van der Waals surface area contributed by atoms with E-state index in [1.54, 1.807) is 62.9 Å². The van der Waals surface area contributed by atoms with Crippen molar-refractivity contribution in [2.24, 2.45) is 0 Å². The average molecular weight is 569 g/mol. The summed E-state index contributed by atoms with van der Waals surface area (Å²) in [5.41, 5.74) is 3.14. The van der Waals surface area contributed by atoms with Gasteiger partial charge in [-0.2, -0.15) is 5.10 Å². The Kier molecular flexibility index (Phi) is 8.07. The van der Waals surface area contributed by atoms with E-state index in [2.05, 4.69) is 15.5 Å². The normalized spacial score (nSPS) is 10.8. The number of fused-ring (bicyclic) bond motifs is 1. The van der Waals surface area contributed by atoms with Gasteiger partial charge < -0.3 is 29.7 Å². The smallest absolute Gasteiger partial charge is 0.488 e. The second kappa shape index (κ2) is 11.9. The molecule has 0 saturated carbocycles. The second-order valence-electron chi connectivity index (χ2n) is 9.18. The fourth-order valence-corrected chi connectivity index (χ4v) is 4.79. The summed E-state index contributed by atoms with van der Waals surface area (Å²) in [7, 11) is 3.37. The van der Waals surface area contributed by atoms with Crippen LogP contribution in [0.2, 0.25) is 5.02 Å². The molecule has 41 heavy (non-hydrogen) atoms. The van der Waals surface area contributed by atoms with Crippen LogP contribution in [0, 0.1) is 0 Å². The molecule has 1 amide bonds. The molecule has 0 aliphatic rings. The first-order valence-corrected chi connectivity index (χ1v) is 13.0. The molecule has 0 radical (unpaired) electrons. The molecule has 0 spiro atoms. The predicted molar refractivity (Wildman–Crippen MR) is 162 cm³/mol. The van der Waals surface area contributed by atoms with Crippen LogP contribution in [-0.4, -0.2) is 54.5 Å². The Morgan fingerprint density at radius 3 is 2.51 bits per heavy atom. The molecule has 0 saturated heterocycles. The van der Waals surface area contributed by atoms with E-state index in [1.165, 1.54) is 6.07 Å². The third-order valence-electron chi connectivity index (χ3n) is 6.73. The molecule has 0 unspecified atom stereocenters. The quantitative estimate of drug-likeness (QED) is 0.231. The van der Waals surface area contributed by atoms with Gasteiger partial charge in [-0.25, -0.2) is 0 Å². The van der Waals surface area contributed by atoms with E-state index in [-0.39, 0.29) is 5.46 Å². The average Bonchev–Trinajstić information content (AvgIpc) is 3.00. The first-order chi connectivity index (χ1) is 19.8. The van der Waals surface area contributed by atoms with Crippen molar-refractivity contribution in [2.75, 3.05) is 31.5 Å². The lowest BCUT2D eigenvalue weighted by molar-refractivity contribution is 0.102. The van der Waals surface area contributed by atoms with Crippen LogP contribution >= 0.6 is 11.6 Å². The van der Waals surface area contributed by atoms with E-state index in [0.29, 0.717) is 39.2 Å². The first-order valence-electron chi connectivity index (χ1n) is 12.6. The van der Waals surface area contributed by atoms with E-state index in [4.69, 9.17) is 21.1 Å². The van der Waals surface area contributed by atoms with Crippen LogP contribution in [0.25, 0.3) is 21.9 Å². The van der Waals surface area contributed by atoms with Gasteiger partial charge in [0.15, 0.2) is 5.82 Å². The molecule has 5 rings (SSSR count). The maximum Gasteiger partial charge on any atom is 0.488 e. The minimum absolute atomic E-state index is 0.274. The molecule has 0 aliphatic carbocycles. The second-order valence-corrected chi connectivity index (χ2v) is 9.59. The highest BCUT2D eigenvalue weighted by Gasteiger charge is 2.19. The lowest BCUT2D eigenvalue weighted by atomic mass is 9.78. The van der Waals surface area contributed by atoms with Gasteiger partial charge in [0.25, 0.3) is 5.91 Å². The molecule has 206 valence electrons. The number of amides is 1. The third kappa shape index (κ3) is 5.66. The molecule has 0 bridgehead atoms. The van der Waals surface area contributed by atoms with Crippen LogP contribution in [0.5, 0.6) is 11.5 Å². The molecule has 3 N–H and O–H groups in total. The van der Waals surface area contributed by atoms with Crippen molar-refractivity contribution in [1.82, 2.24) is 10.2 Å².